The minimum Gasteiger partial charge on any atom is -0.311 e. The molecular formula is C78H74BN3S. The molecule has 0 spiro atoms. The molecule has 3 nitrogen and oxygen atoms in total. The zero-order valence-electron chi connectivity index (χ0n) is 50.3. The summed E-state index contributed by atoms with van der Waals surface area (Å²) in [5, 5.41) is 1.29. The Morgan fingerprint density at radius 2 is 0.807 bits per heavy atom. The Morgan fingerprint density at radius 3 is 1.35 bits per heavy atom. The molecule has 0 radical (unpaired) electrons. The summed E-state index contributed by atoms with van der Waals surface area (Å²) in [5.41, 5.74) is 25.2. The van der Waals surface area contributed by atoms with E-state index in [4.69, 9.17) is 0 Å². The first kappa shape index (κ1) is 53.9. The molecule has 0 saturated carbocycles. The third-order valence-corrected chi connectivity index (χ3v) is 18.5. The number of hydrogen-bond acceptors (Lipinski definition) is 4. The summed E-state index contributed by atoms with van der Waals surface area (Å²) in [6.07, 6.45) is 0. The quantitative estimate of drug-likeness (QED) is 0.140. The van der Waals surface area contributed by atoms with E-state index in [0.717, 1.165) is 28.4 Å². The average molecular weight is 1100 g/mol. The molecule has 0 amide bonds. The largest absolute Gasteiger partial charge is 0.311 e. The molecule has 2 aliphatic heterocycles. The second-order valence-electron chi connectivity index (χ2n) is 27.1. The number of anilines is 9. The van der Waals surface area contributed by atoms with Crippen LogP contribution in [0.25, 0.3) is 43.5 Å². The minimum atomic E-state index is -0.0879. The lowest BCUT2D eigenvalue weighted by Gasteiger charge is -2.44. The van der Waals surface area contributed by atoms with Gasteiger partial charge in [0, 0.05) is 60.2 Å². The van der Waals surface area contributed by atoms with Crippen molar-refractivity contribution in [1.29, 1.82) is 0 Å². The van der Waals surface area contributed by atoms with Gasteiger partial charge in [-0.3, -0.25) is 0 Å². The molecule has 410 valence electrons. The summed E-state index contributed by atoms with van der Waals surface area (Å²) >= 11 is 1.96. The first-order valence-corrected chi connectivity index (χ1v) is 30.4. The van der Waals surface area contributed by atoms with Crippen LogP contribution in [0.3, 0.4) is 0 Å². The summed E-state index contributed by atoms with van der Waals surface area (Å²) in [7, 11) is 0. The van der Waals surface area contributed by atoms with Gasteiger partial charge in [-0.1, -0.05) is 229 Å². The topological polar surface area (TPSA) is 9.72 Å². The van der Waals surface area contributed by atoms with Gasteiger partial charge in [0.25, 0.3) is 6.71 Å². The number of nitrogens with zero attached hydrogens (tertiary/aromatic N) is 3. The smallest absolute Gasteiger partial charge is 0.264 e. The molecule has 11 aromatic rings. The van der Waals surface area contributed by atoms with Crippen molar-refractivity contribution in [3.8, 4) is 33.4 Å². The molecule has 0 fully saturated rings. The summed E-state index contributed by atoms with van der Waals surface area (Å²) in [4.78, 5) is 7.74. The molecule has 2 aliphatic rings. The zero-order valence-corrected chi connectivity index (χ0v) is 51.1. The molecule has 3 heterocycles. The van der Waals surface area contributed by atoms with E-state index in [1.807, 2.05) is 11.3 Å². The molecule has 13 rings (SSSR count). The highest BCUT2D eigenvalue weighted by Crippen LogP contribution is 2.52. The van der Waals surface area contributed by atoms with E-state index in [2.05, 4.69) is 328 Å². The van der Waals surface area contributed by atoms with Crippen molar-refractivity contribution in [3.63, 3.8) is 0 Å². The number of benzene rings is 10. The van der Waals surface area contributed by atoms with Crippen LogP contribution in [0.2, 0.25) is 0 Å². The highest BCUT2D eigenvalue weighted by atomic mass is 32.1. The van der Waals surface area contributed by atoms with Gasteiger partial charge >= 0.3 is 0 Å². The molecular weight excluding hydrogens is 1020 g/mol. The fourth-order valence-electron chi connectivity index (χ4n) is 12.5. The van der Waals surface area contributed by atoms with Crippen LogP contribution in [0.4, 0.5) is 51.2 Å². The van der Waals surface area contributed by atoms with E-state index in [1.54, 1.807) is 0 Å². The van der Waals surface area contributed by atoms with Crippen LogP contribution in [0.1, 0.15) is 105 Å². The van der Waals surface area contributed by atoms with Crippen molar-refractivity contribution in [1.82, 2.24) is 0 Å². The van der Waals surface area contributed by atoms with Gasteiger partial charge in [-0.05, 0) is 168 Å². The molecule has 10 aromatic carbocycles. The maximum absolute atomic E-state index is 2.64. The van der Waals surface area contributed by atoms with Gasteiger partial charge in [0.15, 0.2) is 0 Å². The van der Waals surface area contributed by atoms with Crippen LogP contribution >= 0.6 is 11.3 Å². The molecule has 0 saturated heterocycles. The molecule has 0 aliphatic carbocycles. The maximum atomic E-state index is 2.64. The number of rotatable bonds is 8. The maximum Gasteiger partial charge on any atom is 0.264 e. The van der Waals surface area contributed by atoms with Gasteiger partial charge in [-0.2, -0.15) is 0 Å². The van der Waals surface area contributed by atoms with Crippen LogP contribution in [0.15, 0.2) is 231 Å². The van der Waals surface area contributed by atoms with E-state index in [-0.39, 0.29) is 28.4 Å². The van der Waals surface area contributed by atoms with Crippen LogP contribution in [-0.2, 0) is 21.7 Å². The predicted molar refractivity (Wildman–Crippen MR) is 362 cm³/mol. The standard InChI is InChI=1S/C78H74BN3S/c1-75(2,3)56-30-38-60(39-31-56)80(61-40-32-57(33-41-61)76(4,5)6)63-42-43-66-68(50-63)82(67-44-34-58(77(7,8)9)48-64(67)54-26-20-15-21-27-54)70-47-55(52-24-18-14-19-25-52)46-69-72(70)79(66)74-73(65-49-59(78(10,11)12)35-45-71(65)83-74)81(69)62-36-28-53(29-37-62)51-22-16-13-17-23-51/h13-50H,1-12H3. The molecule has 0 unspecified atom stereocenters. The van der Waals surface area contributed by atoms with Crippen LogP contribution in [0, 0.1) is 0 Å². The van der Waals surface area contributed by atoms with E-state index in [9.17, 15) is 0 Å². The number of fused-ring (bicyclic) bond motifs is 6. The number of thiophene rings is 1. The SMILES string of the molecule is CC(C)(C)c1ccc(N(c2ccc(C(C)(C)C)cc2)c2ccc3c(c2)N(c2ccc(C(C)(C)C)cc2-c2ccccc2)c2cc(-c4ccccc4)cc4c2B3c2sc3ccc(C(C)(C)C)cc3c2N4c2ccc(-c3ccccc3)cc2)cc1. The molecule has 0 bridgehead atoms. The zero-order chi connectivity index (χ0) is 57.7. The Kier molecular flexibility index (Phi) is 13.1. The minimum absolute atomic E-state index is 0.00877. The normalized spacial score (nSPS) is 13.2. The van der Waals surface area contributed by atoms with Crippen molar-refractivity contribution in [2.45, 2.75) is 105 Å². The summed E-state index contributed by atoms with van der Waals surface area (Å²) < 4.78 is 2.65. The third-order valence-electron chi connectivity index (χ3n) is 17.3. The second-order valence-corrected chi connectivity index (χ2v) is 28.2. The first-order valence-electron chi connectivity index (χ1n) is 29.6. The van der Waals surface area contributed by atoms with Gasteiger partial charge in [-0.15, -0.1) is 11.3 Å². The predicted octanol–water partition coefficient (Wildman–Crippen LogP) is 20.6. The lowest BCUT2D eigenvalue weighted by Crippen LogP contribution is -2.60. The van der Waals surface area contributed by atoms with E-state index >= 15 is 0 Å². The summed E-state index contributed by atoms with van der Waals surface area (Å²) in [5.74, 6) is 0. The van der Waals surface area contributed by atoms with Crippen LogP contribution < -0.4 is 30.4 Å². The van der Waals surface area contributed by atoms with Gasteiger partial charge in [0.05, 0.1) is 11.4 Å². The van der Waals surface area contributed by atoms with E-state index in [0.29, 0.717) is 0 Å². The Bertz CT molecular complexity index is 4150. The van der Waals surface area contributed by atoms with Crippen molar-refractivity contribution >= 4 is 95.0 Å². The van der Waals surface area contributed by atoms with E-state index in [1.165, 1.54) is 104 Å². The number of hydrogen-bond donors (Lipinski definition) is 0. The van der Waals surface area contributed by atoms with Crippen molar-refractivity contribution in [2.24, 2.45) is 0 Å². The fraction of sp³-hybridized carbons (Fsp3) is 0.205. The fourth-order valence-corrected chi connectivity index (χ4v) is 13.8. The van der Waals surface area contributed by atoms with Crippen molar-refractivity contribution in [3.05, 3.63) is 253 Å². The lowest BCUT2D eigenvalue weighted by atomic mass is 9.36. The van der Waals surface area contributed by atoms with E-state index < -0.39 is 0 Å². The Morgan fingerprint density at radius 1 is 0.349 bits per heavy atom. The summed E-state index contributed by atoms with van der Waals surface area (Å²) in [6, 6.07) is 87.6. The van der Waals surface area contributed by atoms with Gasteiger partial charge in [0.2, 0.25) is 0 Å². The monoisotopic (exact) mass is 1100 g/mol. The Labute approximate surface area is 497 Å². The van der Waals surface area contributed by atoms with Crippen LogP contribution in [-0.4, -0.2) is 6.71 Å². The molecule has 5 heteroatoms. The average Bonchev–Trinajstić information content (AvgIpc) is 1.92. The highest BCUT2D eigenvalue weighted by molar-refractivity contribution is 7.33. The highest BCUT2D eigenvalue weighted by Gasteiger charge is 2.46. The van der Waals surface area contributed by atoms with Gasteiger partial charge in [-0.25, -0.2) is 0 Å². The molecule has 0 N–H and O–H groups in total. The molecule has 1 aromatic heterocycles. The van der Waals surface area contributed by atoms with Gasteiger partial charge < -0.3 is 14.7 Å². The first-order chi connectivity index (χ1) is 39.7. The van der Waals surface area contributed by atoms with Crippen LogP contribution in [0.5, 0.6) is 0 Å². The summed E-state index contributed by atoms with van der Waals surface area (Å²) in [6.45, 7) is 27.7. The Hall–Kier alpha value is -8.38. The Balaban J connectivity index is 1.15. The second kappa shape index (κ2) is 20.2. The van der Waals surface area contributed by atoms with Gasteiger partial charge in [0.1, 0.15) is 0 Å². The van der Waals surface area contributed by atoms with Crippen molar-refractivity contribution in [2.75, 3.05) is 14.7 Å². The molecule has 83 heavy (non-hydrogen) atoms. The van der Waals surface area contributed by atoms with Crippen molar-refractivity contribution < 1.29 is 0 Å². The third kappa shape index (κ3) is 9.77. The lowest BCUT2D eigenvalue weighted by molar-refractivity contribution is 0.590. The molecule has 0 atom stereocenters.